The Morgan fingerprint density at radius 1 is 1.50 bits per heavy atom. The van der Waals surface area contributed by atoms with Crippen molar-refractivity contribution in [3.8, 4) is 0 Å². The number of pyridine rings is 1. The van der Waals surface area contributed by atoms with Gasteiger partial charge in [-0.25, -0.2) is 0 Å². The van der Waals surface area contributed by atoms with Crippen LogP contribution >= 0.6 is 0 Å². The van der Waals surface area contributed by atoms with Crippen molar-refractivity contribution in [1.82, 2.24) is 4.57 Å². The quantitative estimate of drug-likeness (QED) is 0.683. The lowest BCUT2D eigenvalue weighted by Crippen LogP contribution is -2.15. The summed E-state index contributed by atoms with van der Waals surface area (Å²) in [5.74, 6) is 0. The van der Waals surface area contributed by atoms with E-state index < -0.39 is 0 Å². The molecule has 0 spiro atoms. The molecule has 2 heterocycles. The Morgan fingerprint density at radius 3 is 3.00 bits per heavy atom. The second kappa shape index (κ2) is 2.38. The van der Waals surface area contributed by atoms with Gasteiger partial charge in [-0.2, -0.15) is 0 Å². The van der Waals surface area contributed by atoms with Crippen molar-refractivity contribution >= 4 is 16.5 Å². The highest BCUT2D eigenvalue weighted by molar-refractivity contribution is 5.94. The Bertz CT molecular complexity index is 601. The van der Waals surface area contributed by atoms with Crippen molar-refractivity contribution in [3.63, 3.8) is 0 Å². The van der Waals surface area contributed by atoms with Crippen LogP contribution in [0.2, 0.25) is 0 Å². The first-order chi connectivity index (χ1) is 6.77. The van der Waals surface area contributed by atoms with E-state index in [9.17, 15) is 4.79 Å². The average molecular weight is 187 g/mol. The van der Waals surface area contributed by atoms with E-state index in [1.807, 2.05) is 6.07 Å². The van der Waals surface area contributed by atoms with Gasteiger partial charge in [0, 0.05) is 18.8 Å². The minimum Gasteiger partial charge on any atom is -0.463 e. The maximum absolute atomic E-state index is 11.8. The Balaban J connectivity index is 2.48. The van der Waals surface area contributed by atoms with Crippen molar-refractivity contribution in [3.05, 3.63) is 40.5 Å². The monoisotopic (exact) mass is 187 g/mol. The number of aromatic nitrogens is 1. The molecule has 0 aliphatic heterocycles. The molecule has 3 nitrogen and oxygen atoms in total. The van der Waals surface area contributed by atoms with Crippen molar-refractivity contribution in [2.75, 3.05) is 0 Å². The molecule has 0 N–H and O–H groups in total. The summed E-state index contributed by atoms with van der Waals surface area (Å²) in [6.45, 7) is 0. The number of hydrogen-bond acceptors (Lipinski definition) is 2. The zero-order chi connectivity index (χ0) is 9.71. The molecule has 3 rings (SSSR count). The lowest BCUT2D eigenvalue weighted by molar-refractivity contribution is 0.613. The van der Waals surface area contributed by atoms with E-state index in [1.54, 1.807) is 24.1 Å². The van der Waals surface area contributed by atoms with Crippen LogP contribution in [0.25, 0.3) is 16.5 Å². The summed E-state index contributed by atoms with van der Waals surface area (Å²) in [6.07, 6.45) is 6.47. The molecule has 0 saturated heterocycles. The highest BCUT2D eigenvalue weighted by Crippen LogP contribution is 2.35. The normalized spacial score (nSPS) is 14.5. The van der Waals surface area contributed by atoms with Crippen LogP contribution in [0.5, 0.6) is 0 Å². The summed E-state index contributed by atoms with van der Waals surface area (Å²) < 4.78 is 6.91. The number of rotatable bonds is 1. The first-order valence-electron chi connectivity index (χ1n) is 4.53. The fraction of sp³-hybridized carbons (Fsp3) is 0.182. The molecular formula is C11H9NO2. The van der Waals surface area contributed by atoms with Gasteiger partial charge < -0.3 is 8.98 Å². The Morgan fingerprint density at radius 2 is 2.29 bits per heavy atom. The third-order valence-corrected chi connectivity index (χ3v) is 2.56. The van der Waals surface area contributed by atoms with Gasteiger partial charge in [-0.3, -0.25) is 4.79 Å². The summed E-state index contributed by atoms with van der Waals surface area (Å²) in [7, 11) is 1.75. The van der Waals surface area contributed by atoms with Crippen LogP contribution in [0, 0.1) is 0 Å². The van der Waals surface area contributed by atoms with Crippen LogP contribution in [-0.2, 0) is 7.05 Å². The van der Waals surface area contributed by atoms with E-state index in [0.29, 0.717) is 11.0 Å². The molecule has 1 aliphatic carbocycles. The largest absolute Gasteiger partial charge is 0.463 e. The van der Waals surface area contributed by atoms with Gasteiger partial charge in [0.15, 0.2) is 0 Å². The summed E-state index contributed by atoms with van der Waals surface area (Å²) in [4.78, 5) is 11.8. The predicted octanol–water partition coefficient (Wildman–Crippen LogP) is 1.92. The molecule has 70 valence electrons. The summed E-state index contributed by atoms with van der Waals surface area (Å²) in [5, 5.41) is 0.707. The highest BCUT2D eigenvalue weighted by Gasteiger charge is 2.18. The van der Waals surface area contributed by atoms with Crippen molar-refractivity contribution in [2.24, 2.45) is 7.05 Å². The molecule has 0 aromatic carbocycles. The third kappa shape index (κ3) is 0.894. The molecule has 0 fully saturated rings. The van der Waals surface area contributed by atoms with Gasteiger partial charge in [0.1, 0.15) is 5.58 Å². The van der Waals surface area contributed by atoms with E-state index in [-0.39, 0.29) is 5.56 Å². The Kier molecular flexibility index (Phi) is 1.29. The second-order valence-corrected chi connectivity index (χ2v) is 3.55. The minimum atomic E-state index is 0.0130. The topological polar surface area (TPSA) is 35.1 Å². The van der Waals surface area contributed by atoms with Crippen LogP contribution in [0.3, 0.4) is 0 Å². The summed E-state index contributed by atoms with van der Waals surface area (Å²) in [6, 6.07) is 1.82. The summed E-state index contributed by atoms with van der Waals surface area (Å²) in [5.41, 5.74) is 2.86. The molecule has 0 unspecified atom stereocenters. The smallest absolute Gasteiger partial charge is 0.262 e. The van der Waals surface area contributed by atoms with E-state index in [1.165, 1.54) is 5.57 Å². The first-order valence-corrected chi connectivity index (χ1v) is 4.53. The molecular weight excluding hydrogens is 178 g/mol. The van der Waals surface area contributed by atoms with Crippen molar-refractivity contribution < 1.29 is 4.42 Å². The number of furan rings is 1. The molecule has 2 aromatic rings. The van der Waals surface area contributed by atoms with E-state index >= 15 is 0 Å². The number of fused-ring (bicyclic) bond motifs is 1. The van der Waals surface area contributed by atoms with Gasteiger partial charge in [-0.05, 0) is 18.1 Å². The second-order valence-electron chi connectivity index (χ2n) is 3.55. The lowest BCUT2D eigenvalue weighted by Gasteiger charge is -1.95. The first kappa shape index (κ1) is 7.62. The van der Waals surface area contributed by atoms with E-state index in [4.69, 9.17) is 4.42 Å². The van der Waals surface area contributed by atoms with Gasteiger partial charge in [-0.1, -0.05) is 6.08 Å². The van der Waals surface area contributed by atoms with Gasteiger partial charge in [0.25, 0.3) is 5.56 Å². The molecule has 0 atom stereocenters. The van der Waals surface area contributed by atoms with Crippen molar-refractivity contribution in [2.45, 2.75) is 6.42 Å². The Labute approximate surface area is 80.3 Å². The van der Waals surface area contributed by atoms with Gasteiger partial charge in [0.05, 0.1) is 11.6 Å². The zero-order valence-electron chi connectivity index (χ0n) is 7.78. The van der Waals surface area contributed by atoms with Gasteiger partial charge in [-0.15, -0.1) is 0 Å². The van der Waals surface area contributed by atoms with Crippen molar-refractivity contribution in [1.29, 1.82) is 0 Å². The molecule has 0 saturated carbocycles. The maximum Gasteiger partial charge on any atom is 0.262 e. The van der Waals surface area contributed by atoms with E-state index in [0.717, 1.165) is 12.0 Å². The standard InChI is InChI=1S/C11H9NO2/c1-12-5-4-9-10(11(12)13)8(6-14-9)7-2-3-7/h2,4-6H,3H2,1H3. The van der Waals surface area contributed by atoms with E-state index in [2.05, 4.69) is 6.08 Å². The molecule has 1 aliphatic rings. The number of hydrogen-bond donors (Lipinski definition) is 0. The van der Waals surface area contributed by atoms with Crippen LogP contribution in [0.15, 0.2) is 33.8 Å². The number of allylic oxidation sites excluding steroid dienone is 2. The predicted molar refractivity (Wildman–Crippen MR) is 54.0 cm³/mol. The fourth-order valence-electron chi connectivity index (χ4n) is 1.65. The molecule has 14 heavy (non-hydrogen) atoms. The number of aryl methyl sites for hydroxylation is 1. The van der Waals surface area contributed by atoms with Crippen LogP contribution in [0.1, 0.15) is 12.0 Å². The molecule has 2 aromatic heterocycles. The third-order valence-electron chi connectivity index (χ3n) is 2.56. The molecule has 3 heteroatoms. The minimum absolute atomic E-state index is 0.0130. The van der Waals surface area contributed by atoms with Gasteiger partial charge in [0.2, 0.25) is 0 Å². The molecule has 0 bridgehead atoms. The fourth-order valence-corrected chi connectivity index (χ4v) is 1.65. The van der Waals surface area contributed by atoms with Gasteiger partial charge >= 0.3 is 0 Å². The van der Waals surface area contributed by atoms with Crippen LogP contribution in [0.4, 0.5) is 0 Å². The lowest BCUT2D eigenvalue weighted by atomic mass is 10.2. The number of nitrogens with zero attached hydrogens (tertiary/aromatic N) is 1. The maximum atomic E-state index is 11.8. The molecule has 0 amide bonds. The zero-order valence-corrected chi connectivity index (χ0v) is 7.78. The van der Waals surface area contributed by atoms with Crippen LogP contribution in [-0.4, -0.2) is 4.57 Å². The average Bonchev–Trinajstić information content (AvgIpc) is 2.93. The SMILES string of the molecule is Cn1ccc2occ(C3=CC3)c2c1=O. The summed E-state index contributed by atoms with van der Waals surface area (Å²) >= 11 is 0. The van der Waals surface area contributed by atoms with Crippen LogP contribution < -0.4 is 5.56 Å². The highest BCUT2D eigenvalue weighted by atomic mass is 16.3. The Hall–Kier alpha value is -1.77. The molecule has 0 radical (unpaired) electrons.